The number of aliphatic hydroxyl groups is 3. The molecule has 11 amide bonds. The Hall–Kier alpha value is -5.98. The summed E-state index contributed by atoms with van der Waals surface area (Å²) in [7, 11) is 1.65. The molecule has 420 valence electrons. The minimum atomic E-state index is -1.90. The molecular formula is C44H75N11O17S2. The highest BCUT2D eigenvalue weighted by Crippen LogP contribution is 2.24. The third-order valence-electron chi connectivity index (χ3n) is 10.3. The second-order valence-corrected chi connectivity index (χ2v) is 22.1. The Bertz CT molecular complexity index is 2010. The molecule has 0 unspecified atom stereocenters. The molecule has 10 atom stereocenters. The van der Waals surface area contributed by atoms with Crippen LogP contribution in [-0.2, 0) is 57.5 Å². The van der Waals surface area contributed by atoms with E-state index in [4.69, 9.17) is 15.6 Å². The zero-order valence-electron chi connectivity index (χ0n) is 43.2. The van der Waals surface area contributed by atoms with Gasteiger partial charge in [-0.15, -0.1) is 0 Å². The molecule has 30 heteroatoms. The molecule has 1 aliphatic heterocycles. The van der Waals surface area contributed by atoms with Crippen molar-refractivity contribution in [2.24, 2.45) is 23.5 Å². The summed E-state index contributed by atoms with van der Waals surface area (Å²) in [4.78, 5) is 160. The largest absolute Gasteiger partial charge is 0.480 e. The van der Waals surface area contributed by atoms with Crippen LogP contribution in [0.15, 0.2) is 0 Å². The summed E-state index contributed by atoms with van der Waals surface area (Å²) >= 11 is 0. The highest BCUT2D eigenvalue weighted by atomic mass is 33.1. The van der Waals surface area contributed by atoms with E-state index in [9.17, 15) is 72.9 Å². The smallest absolute Gasteiger partial charge is 0.408 e. The molecule has 1 fully saturated rings. The average Bonchev–Trinajstić information content (AvgIpc) is 3.27. The molecule has 0 aromatic heterocycles. The van der Waals surface area contributed by atoms with Gasteiger partial charge in [-0.05, 0) is 58.3 Å². The number of aliphatic hydroxyl groups excluding tert-OH is 3. The van der Waals surface area contributed by atoms with Gasteiger partial charge in [0.15, 0.2) is 0 Å². The van der Waals surface area contributed by atoms with Gasteiger partial charge < -0.3 is 84.1 Å². The standard InChI is InChI=1S/C44H75N11O17S2/c1-19(2)11-23(34(62)46-14-31(60)61)49-41(69)32(21(5)6)54-40(68)28-17-73-74-18-29(53-43(71)72-44(8,9)10)39(67)51-26(15-56)37(65)48-25(13-30(45)59)36(64)47-24(12-20(3)4)35(63)50-27(16-57)38(66)55-33(22(7)58)42(70)52-28/h19-29,32-33,56-58H,11-18H2,1-10H3,(H2,45,59)(H,46,62)(H,47,64)(H,48,65)(H,49,69)(H,50,63)(H,51,67)(H,52,70)(H,53,71)(H,54,68)(H,55,66)(H,60,61)/t22-,23+,24+,25+,26+,27+,28+,29+,32+,33+/m1/s1. The van der Waals surface area contributed by atoms with Gasteiger partial charge in [0, 0.05) is 11.5 Å². The maximum Gasteiger partial charge on any atom is 0.408 e. The fourth-order valence-corrected chi connectivity index (χ4v) is 8.93. The maximum absolute atomic E-state index is 14.2. The SMILES string of the molecule is CC(C)C[C@@H]1NC(=O)[C@H](CC(N)=O)NC(=O)[C@H](CO)NC(=O)[C@@H](NC(=O)OC(C)(C)C)CSSC[C@@H](C(=O)N[C@H](C(=O)N[C@@H](CC(C)C)C(=O)NCC(=O)O)C(C)C)NC(=O)[C@H]([C@@H](C)O)NC(=O)[C@H](CO)NC1=O. The quantitative estimate of drug-likeness (QED) is 0.0574. The molecule has 0 spiro atoms. The molecule has 0 aromatic carbocycles. The summed E-state index contributed by atoms with van der Waals surface area (Å²) in [5.41, 5.74) is 4.30. The number of hydrogen-bond donors (Lipinski definition) is 15. The summed E-state index contributed by atoms with van der Waals surface area (Å²) < 4.78 is 5.31. The molecule has 28 nitrogen and oxygen atoms in total. The minimum absolute atomic E-state index is 0.0674. The van der Waals surface area contributed by atoms with Crippen LogP contribution < -0.4 is 58.9 Å². The molecule has 1 heterocycles. The van der Waals surface area contributed by atoms with Crippen LogP contribution >= 0.6 is 21.6 Å². The van der Waals surface area contributed by atoms with E-state index in [1.165, 1.54) is 20.8 Å². The number of aliphatic carboxylic acids is 1. The summed E-state index contributed by atoms with van der Waals surface area (Å²) in [6.45, 7) is 12.7. The number of amides is 11. The highest BCUT2D eigenvalue weighted by molar-refractivity contribution is 8.76. The number of carbonyl (C=O) groups is 12. The Morgan fingerprint density at radius 1 is 0.689 bits per heavy atom. The van der Waals surface area contributed by atoms with Gasteiger partial charge in [0.05, 0.1) is 25.7 Å². The monoisotopic (exact) mass is 1090 g/mol. The number of nitrogens with one attached hydrogen (secondary N) is 10. The van der Waals surface area contributed by atoms with Crippen LogP contribution in [0.3, 0.4) is 0 Å². The van der Waals surface area contributed by atoms with E-state index in [1.54, 1.807) is 41.5 Å². The van der Waals surface area contributed by atoms with E-state index in [0.29, 0.717) is 0 Å². The van der Waals surface area contributed by atoms with E-state index in [-0.39, 0.29) is 30.4 Å². The number of hydrogen-bond acceptors (Lipinski definition) is 18. The fraction of sp³-hybridized carbons (Fsp3) is 0.727. The second kappa shape index (κ2) is 31.7. The van der Waals surface area contributed by atoms with E-state index in [1.807, 2.05) is 0 Å². The van der Waals surface area contributed by atoms with Crippen LogP contribution in [0, 0.1) is 17.8 Å². The number of ether oxygens (including phenoxy) is 1. The number of primary amides is 1. The number of rotatable bonds is 18. The van der Waals surface area contributed by atoms with Crippen molar-refractivity contribution in [2.75, 3.05) is 31.3 Å². The first-order valence-electron chi connectivity index (χ1n) is 23.6. The van der Waals surface area contributed by atoms with Crippen LogP contribution in [0.1, 0.15) is 88.5 Å². The van der Waals surface area contributed by atoms with E-state index in [0.717, 1.165) is 28.5 Å². The zero-order chi connectivity index (χ0) is 56.8. The fourth-order valence-electron chi connectivity index (χ4n) is 6.60. The molecular weight excluding hydrogens is 1020 g/mol. The molecule has 0 saturated carbocycles. The average molecular weight is 1090 g/mol. The van der Waals surface area contributed by atoms with Gasteiger partial charge in [0.1, 0.15) is 66.5 Å². The summed E-state index contributed by atoms with van der Waals surface area (Å²) in [6, 6.07) is -14.8. The van der Waals surface area contributed by atoms with Crippen molar-refractivity contribution in [3.05, 3.63) is 0 Å². The topological polar surface area (TPSA) is 441 Å². The molecule has 1 rings (SSSR count). The maximum atomic E-state index is 14.2. The molecule has 0 aromatic rings. The molecule has 1 aliphatic rings. The first-order valence-corrected chi connectivity index (χ1v) is 26.1. The lowest BCUT2D eigenvalue weighted by Gasteiger charge is -2.29. The van der Waals surface area contributed by atoms with Gasteiger partial charge in [0.25, 0.3) is 0 Å². The number of carboxylic acid groups (broad SMARTS) is 1. The van der Waals surface area contributed by atoms with Crippen molar-refractivity contribution in [1.82, 2.24) is 53.2 Å². The van der Waals surface area contributed by atoms with Crippen molar-refractivity contribution in [2.45, 2.75) is 155 Å². The lowest BCUT2D eigenvalue weighted by atomic mass is 9.99. The van der Waals surface area contributed by atoms with Crippen LogP contribution in [0.4, 0.5) is 4.79 Å². The normalized spacial score (nSPS) is 23.5. The van der Waals surface area contributed by atoms with Crippen molar-refractivity contribution < 1.29 is 82.7 Å². The van der Waals surface area contributed by atoms with Crippen LogP contribution in [0.2, 0.25) is 0 Å². The lowest BCUT2D eigenvalue weighted by molar-refractivity contribution is -0.139. The van der Waals surface area contributed by atoms with Gasteiger partial charge in [0.2, 0.25) is 59.1 Å². The van der Waals surface area contributed by atoms with Crippen LogP contribution in [0.5, 0.6) is 0 Å². The predicted molar refractivity (Wildman–Crippen MR) is 268 cm³/mol. The summed E-state index contributed by atoms with van der Waals surface area (Å²) in [5, 5.41) is 63.8. The molecule has 0 aliphatic carbocycles. The number of alkyl carbamates (subject to hydrolysis) is 1. The van der Waals surface area contributed by atoms with E-state index in [2.05, 4.69) is 53.2 Å². The highest BCUT2D eigenvalue weighted by Gasteiger charge is 2.38. The van der Waals surface area contributed by atoms with E-state index >= 15 is 0 Å². The van der Waals surface area contributed by atoms with Gasteiger partial charge >= 0.3 is 12.1 Å². The predicted octanol–water partition coefficient (Wildman–Crippen LogP) is -4.66. The number of carboxylic acids is 1. The summed E-state index contributed by atoms with van der Waals surface area (Å²) in [5.74, 6) is -14.1. The third kappa shape index (κ3) is 24.4. The number of carbonyl (C=O) groups excluding carboxylic acids is 11. The van der Waals surface area contributed by atoms with Gasteiger partial charge in [-0.25, -0.2) is 4.79 Å². The van der Waals surface area contributed by atoms with Gasteiger partial charge in [-0.3, -0.25) is 52.7 Å². The Morgan fingerprint density at radius 2 is 1.20 bits per heavy atom. The van der Waals surface area contributed by atoms with Crippen molar-refractivity contribution in [3.8, 4) is 0 Å². The Balaban J connectivity index is 3.93. The van der Waals surface area contributed by atoms with E-state index < -0.39 is 175 Å². The minimum Gasteiger partial charge on any atom is -0.480 e. The Kier molecular flexibility index (Phi) is 28.3. The first-order chi connectivity index (χ1) is 34.3. The van der Waals surface area contributed by atoms with Crippen LogP contribution in [-0.4, -0.2) is 189 Å². The first kappa shape index (κ1) is 66.0. The molecule has 74 heavy (non-hydrogen) atoms. The molecule has 0 radical (unpaired) electrons. The lowest BCUT2D eigenvalue weighted by Crippen LogP contribution is -2.63. The molecule has 0 bridgehead atoms. The molecule has 16 N–H and O–H groups in total. The van der Waals surface area contributed by atoms with Crippen molar-refractivity contribution in [3.63, 3.8) is 0 Å². The Labute approximate surface area is 436 Å². The zero-order valence-corrected chi connectivity index (χ0v) is 44.8. The number of nitrogens with two attached hydrogens (primary N) is 1. The Morgan fingerprint density at radius 3 is 1.70 bits per heavy atom. The summed E-state index contributed by atoms with van der Waals surface area (Å²) in [6.07, 6.45) is -3.74. The van der Waals surface area contributed by atoms with Crippen molar-refractivity contribution >= 4 is 92.7 Å². The van der Waals surface area contributed by atoms with Crippen molar-refractivity contribution in [1.29, 1.82) is 0 Å². The van der Waals surface area contributed by atoms with Crippen LogP contribution in [0.25, 0.3) is 0 Å². The van der Waals surface area contributed by atoms with Gasteiger partial charge in [-0.2, -0.15) is 0 Å². The second-order valence-electron chi connectivity index (χ2n) is 19.5. The third-order valence-corrected chi connectivity index (χ3v) is 12.7. The van der Waals surface area contributed by atoms with Gasteiger partial charge in [-0.1, -0.05) is 63.1 Å². The molecule has 1 saturated heterocycles.